The summed E-state index contributed by atoms with van der Waals surface area (Å²) in [4.78, 5) is 7.78. The monoisotopic (exact) mass is 433 g/mol. The van der Waals surface area contributed by atoms with Crippen LogP contribution in [0.15, 0.2) is 71.9 Å². The van der Waals surface area contributed by atoms with Crippen LogP contribution in [0.2, 0.25) is 5.02 Å². The number of halogens is 1. The quantitative estimate of drug-likeness (QED) is 0.512. The molecular formula is C18H16ClN5O2S2. The molecular weight excluding hydrogens is 418 g/mol. The number of benzene rings is 2. The van der Waals surface area contributed by atoms with Crippen LogP contribution < -0.4 is 15.4 Å². The second-order valence-electron chi connectivity index (χ2n) is 5.60. The predicted molar refractivity (Wildman–Crippen MR) is 114 cm³/mol. The third-order valence-electron chi connectivity index (χ3n) is 3.61. The Bertz CT molecular complexity index is 1060. The second-order valence-corrected chi connectivity index (χ2v) is 8.10. The van der Waals surface area contributed by atoms with Gasteiger partial charge in [0.05, 0.1) is 4.90 Å². The zero-order valence-corrected chi connectivity index (χ0v) is 16.9. The van der Waals surface area contributed by atoms with E-state index in [0.29, 0.717) is 22.4 Å². The Labute approximate surface area is 173 Å². The van der Waals surface area contributed by atoms with Gasteiger partial charge in [-0.2, -0.15) is 0 Å². The smallest absolute Gasteiger partial charge is 0.264 e. The maximum Gasteiger partial charge on any atom is 0.264 e. The van der Waals surface area contributed by atoms with E-state index in [1.54, 1.807) is 18.2 Å². The fraction of sp³-hybridized carbons (Fsp3) is 0.0556. The zero-order valence-electron chi connectivity index (χ0n) is 14.5. The van der Waals surface area contributed by atoms with Crippen molar-refractivity contribution >= 4 is 50.6 Å². The fourth-order valence-corrected chi connectivity index (χ4v) is 3.59. The Hall–Kier alpha value is -2.75. The van der Waals surface area contributed by atoms with E-state index in [2.05, 4.69) is 25.3 Å². The first-order chi connectivity index (χ1) is 13.4. The summed E-state index contributed by atoms with van der Waals surface area (Å²) in [6, 6.07) is 15.2. The molecule has 0 amide bonds. The van der Waals surface area contributed by atoms with Crippen molar-refractivity contribution < 1.29 is 8.42 Å². The molecule has 0 aliphatic heterocycles. The Morgan fingerprint density at radius 1 is 1.00 bits per heavy atom. The zero-order chi connectivity index (χ0) is 20.0. The van der Waals surface area contributed by atoms with Crippen molar-refractivity contribution in [1.82, 2.24) is 15.3 Å². The average Bonchev–Trinajstić information content (AvgIpc) is 2.68. The average molecular weight is 434 g/mol. The molecule has 1 aromatic heterocycles. The number of anilines is 2. The van der Waals surface area contributed by atoms with E-state index in [1.165, 1.54) is 24.5 Å². The predicted octanol–water partition coefficient (Wildman–Crippen LogP) is 3.42. The maximum absolute atomic E-state index is 12.4. The van der Waals surface area contributed by atoms with Gasteiger partial charge in [-0.25, -0.2) is 23.1 Å². The van der Waals surface area contributed by atoms with E-state index in [9.17, 15) is 8.42 Å². The van der Waals surface area contributed by atoms with E-state index >= 15 is 0 Å². The Kier molecular flexibility index (Phi) is 6.40. The van der Waals surface area contributed by atoms with Crippen LogP contribution >= 0.6 is 23.8 Å². The Balaban J connectivity index is 1.59. The summed E-state index contributed by atoms with van der Waals surface area (Å²) in [5.74, 6) is 0.00894. The lowest BCUT2D eigenvalue weighted by molar-refractivity contribution is 0.601. The summed E-state index contributed by atoms with van der Waals surface area (Å²) >= 11 is 11.4. The molecule has 0 saturated heterocycles. The number of hydrogen-bond acceptors (Lipinski definition) is 5. The minimum atomic E-state index is -3.78. The van der Waals surface area contributed by atoms with Crippen LogP contribution in [-0.4, -0.2) is 23.5 Å². The van der Waals surface area contributed by atoms with Crippen LogP contribution in [0, 0.1) is 0 Å². The maximum atomic E-state index is 12.4. The van der Waals surface area contributed by atoms with Crippen LogP contribution in [0.1, 0.15) is 5.56 Å². The first-order valence-corrected chi connectivity index (χ1v) is 10.4. The molecule has 0 bridgehead atoms. The lowest BCUT2D eigenvalue weighted by Gasteiger charge is -2.12. The summed E-state index contributed by atoms with van der Waals surface area (Å²) in [6.45, 7) is 0.471. The van der Waals surface area contributed by atoms with Crippen molar-refractivity contribution in [2.75, 3.05) is 10.0 Å². The number of rotatable bonds is 6. The first-order valence-electron chi connectivity index (χ1n) is 8.12. The number of nitrogens with one attached hydrogen (secondary N) is 3. The van der Waals surface area contributed by atoms with Gasteiger partial charge in [0.2, 0.25) is 5.95 Å². The Morgan fingerprint density at radius 3 is 2.36 bits per heavy atom. The van der Waals surface area contributed by atoms with E-state index in [0.717, 1.165) is 5.56 Å². The number of hydrogen-bond donors (Lipinski definition) is 3. The molecule has 0 saturated carbocycles. The number of sulfonamides is 1. The van der Waals surface area contributed by atoms with Gasteiger partial charge in [0.15, 0.2) is 5.11 Å². The topological polar surface area (TPSA) is 96.0 Å². The van der Waals surface area contributed by atoms with Gasteiger partial charge >= 0.3 is 0 Å². The second kappa shape index (κ2) is 8.96. The standard InChI is InChI=1S/C18H16ClN5O2S2/c19-16-5-2-1-4-13(16)12-22-18(27)23-14-6-8-15(9-7-14)28(25,26)24-17-20-10-3-11-21-17/h1-11H,12H2,(H,20,21,24)(H2,22,23,27). The largest absolute Gasteiger partial charge is 0.358 e. The number of thiocarbonyl (C=S) groups is 1. The third kappa shape index (κ3) is 5.38. The number of aromatic nitrogens is 2. The summed E-state index contributed by atoms with van der Waals surface area (Å²) in [7, 11) is -3.78. The molecule has 144 valence electrons. The van der Waals surface area contributed by atoms with Gasteiger partial charge in [-0.05, 0) is 54.2 Å². The van der Waals surface area contributed by atoms with E-state index in [1.807, 2.05) is 24.3 Å². The highest BCUT2D eigenvalue weighted by Crippen LogP contribution is 2.17. The van der Waals surface area contributed by atoms with Gasteiger partial charge in [-0.1, -0.05) is 29.8 Å². The van der Waals surface area contributed by atoms with Gasteiger partial charge in [-0.3, -0.25) is 0 Å². The van der Waals surface area contributed by atoms with Gasteiger partial charge in [0, 0.05) is 29.6 Å². The first kappa shape index (κ1) is 20.0. The van der Waals surface area contributed by atoms with Crippen molar-refractivity contribution in [3.05, 3.63) is 77.6 Å². The van der Waals surface area contributed by atoms with E-state index in [-0.39, 0.29) is 10.8 Å². The van der Waals surface area contributed by atoms with Gasteiger partial charge in [0.1, 0.15) is 0 Å². The van der Waals surface area contributed by atoms with Crippen LogP contribution in [0.5, 0.6) is 0 Å². The van der Waals surface area contributed by atoms with Crippen LogP contribution in [-0.2, 0) is 16.6 Å². The molecule has 2 aromatic carbocycles. The molecule has 10 heteroatoms. The summed E-state index contributed by atoms with van der Waals surface area (Å²) < 4.78 is 27.0. The molecule has 3 rings (SSSR count). The fourth-order valence-electron chi connectivity index (χ4n) is 2.24. The molecule has 1 heterocycles. The normalized spacial score (nSPS) is 10.9. The highest BCUT2D eigenvalue weighted by Gasteiger charge is 2.15. The highest BCUT2D eigenvalue weighted by molar-refractivity contribution is 7.92. The molecule has 0 unspecified atom stereocenters. The molecule has 28 heavy (non-hydrogen) atoms. The molecule has 7 nitrogen and oxygen atoms in total. The summed E-state index contributed by atoms with van der Waals surface area (Å²) in [6.07, 6.45) is 2.91. The molecule has 0 aliphatic carbocycles. The summed E-state index contributed by atoms with van der Waals surface area (Å²) in [5, 5.41) is 7.10. The van der Waals surface area contributed by atoms with Crippen LogP contribution in [0.4, 0.5) is 11.6 Å². The SMILES string of the molecule is O=S(=O)(Nc1ncccn1)c1ccc(NC(=S)NCc2ccccc2Cl)cc1. The molecule has 0 aliphatic rings. The van der Waals surface area contributed by atoms with Crippen LogP contribution in [0.25, 0.3) is 0 Å². The van der Waals surface area contributed by atoms with Crippen molar-refractivity contribution in [1.29, 1.82) is 0 Å². The molecule has 0 fully saturated rings. The molecule has 0 spiro atoms. The minimum Gasteiger partial charge on any atom is -0.358 e. The van der Waals surface area contributed by atoms with Crippen molar-refractivity contribution in [2.24, 2.45) is 0 Å². The van der Waals surface area contributed by atoms with E-state index in [4.69, 9.17) is 23.8 Å². The highest BCUT2D eigenvalue weighted by atomic mass is 35.5. The molecule has 3 aromatic rings. The Morgan fingerprint density at radius 2 is 1.68 bits per heavy atom. The summed E-state index contributed by atoms with van der Waals surface area (Å²) in [5.41, 5.74) is 1.57. The molecule has 0 atom stereocenters. The van der Waals surface area contributed by atoms with Gasteiger partial charge < -0.3 is 10.6 Å². The molecule has 0 radical (unpaired) electrons. The van der Waals surface area contributed by atoms with Crippen molar-refractivity contribution in [3.63, 3.8) is 0 Å². The van der Waals surface area contributed by atoms with Gasteiger partial charge in [-0.15, -0.1) is 0 Å². The lowest BCUT2D eigenvalue weighted by atomic mass is 10.2. The van der Waals surface area contributed by atoms with Crippen molar-refractivity contribution in [3.8, 4) is 0 Å². The van der Waals surface area contributed by atoms with Crippen molar-refractivity contribution in [2.45, 2.75) is 11.4 Å². The van der Waals surface area contributed by atoms with E-state index < -0.39 is 10.0 Å². The minimum absolute atomic E-state index is 0.00894. The number of nitrogens with zero attached hydrogens (tertiary/aromatic N) is 2. The molecule has 3 N–H and O–H groups in total. The lowest BCUT2D eigenvalue weighted by Crippen LogP contribution is -2.28. The van der Waals surface area contributed by atoms with Gasteiger partial charge in [0.25, 0.3) is 10.0 Å². The van der Waals surface area contributed by atoms with Crippen LogP contribution in [0.3, 0.4) is 0 Å². The third-order valence-corrected chi connectivity index (χ3v) is 5.57.